The normalized spacial score (nSPS) is 12.1. The molecular formula is C17H23N3O6S. The lowest BCUT2D eigenvalue weighted by Gasteiger charge is -2.14. The highest BCUT2D eigenvalue weighted by molar-refractivity contribution is 7.89. The summed E-state index contributed by atoms with van der Waals surface area (Å²) in [5.74, 6) is -1.94. The quantitative estimate of drug-likeness (QED) is 0.443. The number of amides is 2. The lowest BCUT2D eigenvalue weighted by molar-refractivity contribution is -0.153. The largest absolute Gasteiger partial charge is 0.451 e. The fraction of sp³-hybridized carbons (Fsp3) is 0.353. The Hall–Kier alpha value is -2.72. The number of hydrogen-bond donors (Lipinski definition) is 2. The van der Waals surface area contributed by atoms with Gasteiger partial charge in [0.2, 0.25) is 10.0 Å². The van der Waals surface area contributed by atoms with E-state index in [4.69, 9.17) is 4.74 Å². The number of nitrogens with zero attached hydrogens (tertiary/aromatic N) is 1. The SMILES string of the molecule is C=CCNC(=O)[C@H](C)OC(=O)CNC(=O)c1cccc(S(=O)(=O)N(C)C)c1. The first-order valence-electron chi connectivity index (χ1n) is 7.98. The van der Waals surface area contributed by atoms with Gasteiger partial charge in [0, 0.05) is 26.2 Å². The molecule has 0 heterocycles. The van der Waals surface area contributed by atoms with Crippen molar-refractivity contribution in [1.82, 2.24) is 14.9 Å². The van der Waals surface area contributed by atoms with Crippen LogP contribution in [0.2, 0.25) is 0 Å². The number of carbonyl (C=O) groups excluding carboxylic acids is 3. The van der Waals surface area contributed by atoms with Gasteiger partial charge in [0.15, 0.2) is 6.10 Å². The molecule has 27 heavy (non-hydrogen) atoms. The van der Waals surface area contributed by atoms with Gasteiger partial charge in [-0.1, -0.05) is 12.1 Å². The zero-order valence-electron chi connectivity index (χ0n) is 15.4. The number of rotatable bonds is 9. The molecule has 1 rings (SSSR count). The zero-order valence-corrected chi connectivity index (χ0v) is 16.2. The van der Waals surface area contributed by atoms with Crippen molar-refractivity contribution >= 4 is 27.8 Å². The third-order valence-electron chi connectivity index (χ3n) is 3.37. The van der Waals surface area contributed by atoms with Crippen LogP contribution in [-0.4, -0.2) is 63.8 Å². The topological polar surface area (TPSA) is 122 Å². The predicted octanol–water partition coefficient (Wildman–Crippen LogP) is -0.0994. The zero-order chi connectivity index (χ0) is 20.6. The lowest BCUT2D eigenvalue weighted by Crippen LogP contribution is -2.38. The van der Waals surface area contributed by atoms with Crippen LogP contribution in [0, 0.1) is 0 Å². The number of ether oxygens (including phenoxy) is 1. The Morgan fingerprint density at radius 2 is 1.93 bits per heavy atom. The predicted molar refractivity (Wildman–Crippen MR) is 98.4 cm³/mol. The number of carbonyl (C=O) groups is 3. The van der Waals surface area contributed by atoms with E-state index in [1.54, 1.807) is 0 Å². The maximum atomic E-state index is 12.1. The molecule has 0 aromatic heterocycles. The van der Waals surface area contributed by atoms with Gasteiger partial charge in [-0.25, -0.2) is 12.7 Å². The van der Waals surface area contributed by atoms with E-state index in [0.29, 0.717) is 0 Å². The van der Waals surface area contributed by atoms with E-state index in [1.165, 1.54) is 51.4 Å². The highest BCUT2D eigenvalue weighted by Gasteiger charge is 2.20. The van der Waals surface area contributed by atoms with Crippen molar-refractivity contribution in [3.8, 4) is 0 Å². The summed E-state index contributed by atoms with van der Waals surface area (Å²) >= 11 is 0. The van der Waals surface area contributed by atoms with Gasteiger partial charge in [-0.15, -0.1) is 6.58 Å². The summed E-state index contributed by atoms with van der Waals surface area (Å²) in [6.45, 7) is 4.62. The molecule has 0 radical (unpaired) electrons. The summed E-state index contributed by atoms with van der Waals surface area (Å²) in [4.78, 5) is 35.4. The van der Waals surface area contributed by atoms with Crippen molar-refractivity contribution in [1.29, 1.82) is 0 Å². The minimum absolute atomic E-state index is 0.0461. The molecule has 0 unspecified atom stereocenters. The van der Waals surface area contributed by atoms with Gasteiger partial charge in [-0.2, -0.15) is 0 Å². The van der Waals surface area contributed by atoms with Gasteiger partial charge in [0.05, 0.1) is 4.90 Å². The molecule has 0 bridgehead atoms. The fourth-order valence-electron chi connectivity index (χ4n) is 1.87. The van der Waals surface area contributed by atoms with E-state index in [1.807, 2.05) is 0 Å². The molecule has 1 atom stereocenters. The van der Waals surface area contributed by atoms with Crippen molar-refractivity contribution in [2.24, 2.45) is 0 Å². The summed E-state index contributed by atoms with van der Waals surface area (Å²) in [7, 11) is -0.928. The van der Waals surface area contributed by atoms with Crippen LogP contribution in [0.5, 0.6) is 0 Å². The number of nitrogens with one attached hydrogen (secondary N) is 2. The van der Waals surface area contributed by atoms with E-state index >= 15 is 0 Å². The third kappa shape index (κ3) is 6.50. The number of hydrogen-bond acceptors (Lipinski definition) is 6. The van der Waals surface area contributed by atoms with Gasteiger partial charge in [0.25, 0.3) is 11.8 Å². The second kappa shape index (κ2) is 9.83. The van der Waals surface area contributed by atoms with Crippen LogP contribution in [0.15, 0.2) is 41.8 Å². The molecule has 1 aromatic carbocycles. The van der Waals surface area contributed by atoms with Crippen LogP contribution in [0.25, 0.3) is 0 Å². The smallest absolute Gasteiger partial charge is 0.326 e. The first-order valence-corrected chi connectivity index (χ1v) is 9.42. The molecule has 0 aliphatic rings. The summed E-state index contributed by atoms with van der Waals surface area (Å²) in [5.41, 5.74) is 0.0718. The van der Waals surface area contributed by atoms with Crippen molar-refractivity contribution in [3.05, 3.63) is 42.5 Å². The van der Waals surface area contributed by atoms with E-state index in [0.717, 1.165) is 4.31 Å². The average Bonchev–Trinajstić information content (AvgIpc) is 2.63. The van der Waals surface area contributed by atoms with Crippen molar-refractivity contribution in [3.63, 3.8) is 0 Å². The molecule has 1 aromatic rings. The molecule has 2 amide bonds. The van der Waals surface area contributed by atoms with E-state index < -0.39 is 40.5 Å². The minimum atomic E-state index is -3.69. The van der Waals surface area contributed by atoms with Crippen molar-refractivity contribution in [2.45, 2.75) is 17.9 Å². The first kappa shape index (κ1) is 22.3. The average molecular weight is 397 g/mol. The van der Waals surface area contributed by atoms with Gasteiger partial charge >= 0.3 is 5.97 Å². The Morgan fingerprint density at radius 3 is 2.52 bits per heavy atom. The van der Waals surface area contributed by atoms with E-state index in [9.17, 15) is 22.8 Å². The number of esters is 1. The summed E-state index contributed by atoms with van der Waals surface area (Å²) in [6.07, 6.45) is 0.458. The van der Waals surface area contributed by atoms with Crippen molar-refractivity contribution in [2.75, 3.05) is 27.2 Å². The van der Waals surface area contributed by atoms with Gasteiger partial charge < -0.3 is 15.4 Å². The molecule has 0 saturated carbocycles. The Kier molecular flexibility index (Phi) is 8.13. The van der Waals surface area contributed by atoms with Crippen LogP contribution in [0.3, 0.4) is 0 Å². The third-order valence-corrected chi connectivity index (χ3v) is 5.18. The molecule has 0 saturated heterocycles. The fourth-order valence-corrected chi connectivity index (χ4v) is 2.82. The van der Waals surface area contributed by atoms with Crippen LogP contribution >= 0.6 is 0 Å². The van der Waals surface area contributed by atoms with Gasteiger partial charge in [-0.3, -0.25) is 14.4 Å². The monoisotopic (exact) mass is 397 g/mol. The molecule has 9 nitrogen and oxygen atoms in total. The van der Waals surface area contributed by atoms with Crippen LogP contribution in [-0.2, 0) is 24.3 Å². The molecule has 148 valence electrons. The molecule has 10 heteroatoms. The van der Waals surface area contributed by atoms with Gasteiger partial charge in [0.1, 0.15) is 6.54 Å². The van der Waals surface area contributed by atoms with Gasteiger partial charge in [-0.05, 0) is 25.1 Å². The summed E-state index contributed by atoms with van der Waals surface area (Å²) in [6, 6.07) is 5.42. The maximum Gasteiger partial charge on any atom is 0.326 e. The van der Waals surface area contributed by atoms with E-state index in [2.05, 4.69) is 17.2 Å². The number of benzene rings is 1. The molecule has 0 fully saturated rings. The van der Waals surface area contributed by atoms with Crippen LogP contribution < -0.4 is 10.6 Å². The highest BCUT2D eigenvalue weighted by Crippen LogP contribution is 2.14. The van der Waals surface area contributed by atoms with Crippen molar-refractivity contribution < 1.29 is 27.5 Å². The lowest BCUT2D eigenvalue weighted by atomic mass is 10.2. The van der Waals surface area contributed by atoms with Crippen LogP contribution in [0.1, 0.15) is 17.3 Å². The van der Waals surface area contributed by atoms with E-state index in [-0.39, 0.29) is 17.0 Å². The highest BCUT2D eigenvalue weighted by atomic mass is 32.2. The molecule has 0 aliphatic carbocycles. The summed E-state index contributed by atoms with van der Waals surface area (Å²) in [5, 5.41) is 4.80. The summed E-state index contributed by atoms with van der Waals surface area (Å²) < 4.78 is 30.1. The minimum Gasteiger partial charge on any atom is -0.451 e. The molecular weight excluding hydrogens is 374 g/mol. The number of sulfonamides is 1. The Labute approximate surface area is 158 Å². The standard InChI is InChI=1S/C17H23N3O6S/c1-5-9-18-16(22)12(2)26-15(21)11-19-17(23)13-7-6-8-14(10-13)27(24,25)20(3)4/h5-8,10,12H,1,9,11H2,2-4H3,(H,18,22)(H,19,23)/t12-/m0/s1. The Bertz CT molecular complexity index is 820. The Morgan fingerprint density at radius 1 is 1.26 bits per heavy atom. The molecule has 0 aliphatic heterocycles. The maximum absolute atomic E-state index is 12.1. The molecule has 2 N–H and O–H groups in total. The Balaban J connectivity index is 2.66. The second-order valence-corrected chi connectivity index (χ2v) is 7.82. The molecule has 0 spiro atoms. The van der Waals surface area contributed by atoms with Crippen LogP contribution in [0.4, 0.5) is 0 Å². The first-order chi connectivity index (χ1) is 12.6. The second-order valence-electron chi connectivity index (χ2n) is 5.66.